The Morgan fingerprint density at radius 3 is 2.85 bits per heavy atom. The lowest BCUT2D eigenvalue weighted by Gasteiger charge is -2.15. The summed E-state index contributed by atoms with van der Waals surface area (Å²) in [5, 5.41) is 8.76. The predicted octanol–water partition coefficient (Wildman–Crippen LogP) is -0.639. The number of carbonyl (C=O) groups is 1. The minimum atomic E-state index is -0.338. The number of carbonyl (C=O) groups excluding carboxylic acids is 1. The number of rotatable bonds is 4. The van der Waals surface area contributed by atoms with Crippen molar-refractivity contribution in [2.24, 2.45) is 0 Å². The summed E-state index contributed by atoms with van der Waals surface area (Å²) in [6.07, 6.45) is -0.657. The van der Waals surface area contributed by atoms with Crippen LogP contribution in [0.4, 0.5) is 4.79 Å². The molecule has 1 amide bonds. The van der Waals surface area contributed by atoms with Gasteiger partial charge >= 0.3 is 6.09 Å². The lowest BCUT2D eigenvalue weighted by Crippen LogP contribution is -2.33. The van der Waals surface area contributed by atoms with Gasteiger partial charge in [0.05, 0.1) is 13.2 Å². The number of cyclic esters (lactones) is 1. The van der Waals surface area contributed by atoms with Gasteiger partial charge in [-0.05, 0) is 14.1 Å². The van der Waals surface area contributed by atoms with Crippen LogP contribution in [0.25, 0.3) is 0 Å². The van der Waals surface area contributed by atoms with E-state index in [0.29, 0.717) is 13.1 Å². The van der Waals surface area contributed by atoms with Gasteiger partial charge in [0.15, 0.2) is 0 Å². The predicted molar refractivity (Wildman–Crippen MR) is 47.5 cm³/mol. The number of amides is 1. The van der Waals surface area contributed by atoms with Crippen LogP contribution in [0.1, 0.15) is 0 Å². The Labute approximate surface area is 77.9 Å². The van der Waals surface area contributed by atoms with Crippen molar-refractivity contribution in [3.05, 3.63) is 0 Å². The normalized spacial score (nSPS) is 22.6. The summed E-state index contributed by atoms with van der Waals surface area (Å²) >= 11 is 0. The molecule has 1 N–H and O–H groups in total. The van der Waals surface area contributed by atoms with E-state index < -0.39 is 0 Å². The summed E-state index contributed by atoms with van der Waals surface area (Å²) in [6, 6.07) is 0. The van der Waals surface area contributed by atoms with Crippen molar-refractivity contribution in [2.45, 2.75) is 6.10 Å². The highest BCUT2D eigenvalue weighted by Gasteiger charge is 2.29. The topological polar surface area (TPSA) is 53.0 Å². The van der Waals surface area contributed by atoms with Crippen molar-refractivity contribution in [3.8, 4) is 0 Å². The van der Waals surface area contributed by atoms with Crippen LogP contribution < -0.4 is 0 Å². The molecule has 1 heterocycles. The molecule has 1 aliphatic rings. The fraction of sp³-hybridized carbons (Fsp3) is 0.875. The second-order valence-electron chi connectivity index (χ2n) is 3.44. The van der Waals surface area contributed by atoms with E-state index in [0.717, 1.165) is 6.54 Å². The lowest BCUT2D eigenvalue weighted by atomic mass is 10.3. The lowest BCUT2D eigenvalue weighted by molar-refractivity contribution is 0.0947. The van der Waals surface area contributed by atoms with Gasteiger partial charge < -0.3 is 19.6 Å². The molecule has 1 rings (SSSR count). The molecular formula is C8H16N2O3. The van der Waals surface area contributed by atoms with Crippen LogP contribution in [0, 0.1) is 0 Å². The van der Waals surface area contributed by atoms with Crippen LogP contribution >= 0.6 is 0 Å². The fourth-order valence-corrected chi connectivity index (χ4v) is 1.17. The van der Waals surface area contributed by atoms with E-state index >= 15 is 0 Å². The monoisotopic (exact) mass is 188 g/mol. The number of hydrogen-bond acceptors (Lipinski definition) is 4. The summed E-state index contributed by atoms with van der Waals surface area (Å²) in [7, 11) is 3.90. The van der Waals surface area contributed by atoms with Crippen molar-refractivity contribution in [1.29, 1.82) is 0 Å². The second kappa shape index (κ2) is 4.43. The summed E-state index contributed by atoms with van der Waals surface area (Å²) in [6.45, 7) is 1.88. The van der Waals surface area contributed by atoms with Gasteiger partial charge in [-0.1, -0.05) is 0 Å². The average molecular weight is 188 g/mol. The standard InChI is InChI=1S/C8H16N2O3/c1-9(2)3-4-10-5-7(6-11)13-8(10)12/h7,11H,3-6H2,1-2H3/t7-/m1/s1. The molecule has 1 aliphatic heterocycles. The van der Waals surface area contributed by atoms with E-state index in [9.17, 15) is 4.79 Å². The zero-order valence-electron chi connectivity index (χ0n) is 8.06. The second-order valence-corrected chi connectivity index (χ2v) is 3.44. The Bertz CT molecular complexity index is 184. The highest BCUT2D eigenvalue weighted by atomic mass is 16.6. The molecular weight excluding hydrogens is 172 g/mol. The Morgan fingerprint density at radius 2 is 2.38 bits per heavy atom. The van der Waals surface area contributed by atoms with E-state index in [1.807, 2.05) is 19.0 Å². The van der Waals surface area contributed by atoms with Crippen molar-refractivity contribution >= 4 is 6.09 Å². The largest absolute Gasteiger partial charge is 0.442 e. The molecule has 1 fully saturated rings. The molecule has 0 saturated carbocycles. The first kappa shape index (κ1) is 10.3. The highest BCUT2D eigenvalue weighted by Crippen LogP contribution is 2.09. The molecule has 0 aromatic heterocycles. The molecule has 0 aliphatic carbocycles. The fourth-order valence-electron chi connectivity index (χ4n) is 1.17. The third-order valence-corrected chi connectivity index (χ3v) is 1.97. The van der Waals surface area contributed by atoms with E-state index in [1.165, 1.54) is 0 Å². The molecule has 5 nitrogen and oxygen atoms in total. The zero-order chi connectivity index (χ0) is 9.84. The third kappa shape index (κ3) is 2.86. The molecule has 5 heteroatoms. The van der Waals surface area contributed by atoms with Crippen molar-refractivity contribution in [2.75, 3.05) is 40.3 Å². The van der Waals surface area contributed by atoms with E-state index in [2.05, 4.69) is 0 Å². The molecule has 13 heavy (non-hydrogen) atoms. The Balaban J connectivity index is 2.31. The number of hydrogen-bond donors (Lipinski definition) is 1. The van der Waals surface area contributed by atoms with Gasteiger partial charge in [0, 0.05) is 13.1 Å². The molecule has 1 atom stereocenters. The smallest absolute Gasteiger partial charge is 0.410 e. The number of nitrogens with zero attached hydrogens (tertiary/aromatic N) is 2. The first-order chi connectivity index (χ1) is 6.13. The summed E-state index contributed by atoms with van der Waals surface area (Å²) in [4.78, 5) is 14.7. The Hall–Kier alpha value is -0.810. The minimum absolute atomic E-state index is 0.0931. The SMILES string of the molecule is CN(C)CCN1C[C@H](CO)OC1=O. The zero-order valence-corrected chi connectivity index (χ0v) is 8.06. The summed E-state index contributed by atoms with van der Waals surface area (Å²) in [5.41, 5.74) is 0. The van der Waals surface area contributed by atoms with E-state index in [1.54, 1.807) is 4.90 Å². The third-order valence-electron chi connectivity index (χ3n) is 1.97. The molecule has 0 aromatic carbocycles. The van der Waals surface area contributed by atoms with Crippen LogP contribution in [0.5, 0.6) is 0 Å². The van der Waals surface area contributed by atoms with Crippen molar-refractivity contribution in [3.63, 3.8) is 0 Å². The van der Waals surface area contributed by atoms with Crippen LogP contribution in [-0.2, 0) is 4.74 Å². The van der Waals surface area contributed by atoms with Crippen LogP contribution in [0.15, 0.2) is 0 Å². The van der Waals surface area contributed by atoms with E-state index in [4.69, 9.17) is 9.84 Å². The number of likely N-dealkylation sites (N-methyl/N-ethyl adjacent to an activating group) is 1. The molecule has 0 aromatic rings. The van der Waals surface area contributed by atoms with Crippen molar-refractivity contribution in [1.82, 2.24) is 9.80 Å². The number of aliphatic hydroxyl groups is 1. The number of ether oxygens (including phenoxy) is 1. The highest BCUT2D eigenvalue weighted by molar-refractivity contribution is 5.69. The first-order valence-corrected chi connectivity index (χ1v) is 4.34. The maximum absolute atomic E-state index is 11.1. The van der Waals surface area contributed by atoms with Gasteiger partial charge in [-0.25, -0.2) is 4.79 Å². The molecule has 0 spiro atoms. The Morgan fingerprint density at radius 1 is 1.69 bits per heavy atom. The number of aliphatic hydroxyl groups excluding tert-OH is 1. The van der Waals surface area contributed by atoms with Gasteiger partial charge in [0.25, 0.3) is 0 Å². The van der Waals surface area contributed by atoms with Gasteiger partial charge in [-0.2, -0.15) is 0 Å². The van der Waals surface area contributed by atoms with Crippen LogP contribution in [-0.4, -0.2) is 67.4 Å². The quantitative estimate of drug-likeness (QED) is 0.637. The molecule has 1 saturated heterocycles. The Kier molecular flexibility index (Phi) is 3.50. The van der Waals surface area contributed by atoms with Gasteiger partial charge in [0.1, 0.15) is 6.10 Å². The summed E-state index contributed by atoms with van der Waals surface area (Å²) < 4.78 is 4.87. The molecule has 0 bridgehead atoms. The van der Waals surface area contributed by atoms with Crippen molar-refractivity contribution < 1.29 is 14.6 Å². The first-order valence-electron chi connectivity index (χ1n) is 4.34. The summed E-state index contributed by atoms with van der Waals surface area (Å²) in [5.74, 6) is 0. The van der Waals surface area contributed by atoms with Crippen LogP contribution in [0.2, 0.25) is 0 Å². The van der Waals surface area contributed by atoms with Crippen LogP contribution in [0.3, 0.4) is 0 Å². The maximum atomic E-state index is 11.1. The van der Waals surface area contributed by atoms with Gasteiger partial charge in [-0.15, -0.1) is 0 Å². The average Bonchev–Trinajstić information content (AvgIpc) is 2.43. The molecule has 0 radical (unpaired) electrons. The molecule has 0 unspecified atom stereocenters. The molecule has 76 valence electrons. The van der Waals surface area contributed by atoms with E-state index in [-0.39, 0.29) is 18.8 Å². The van der Waals surface area contributed by atoms with Gasteiger partial charge in [0.2, 0.25) is 0 Å². The van der Waals surface area contributed by atoms with Gasteiger partial charge in [-0.3, -0.25) is 0 Å². The maximum Gasteiger partial charge on any atom is 0.410 e. The minimum Gasteiger partial charge on any atom is -0.442 e.